The van der Waals surface area contributed by atoms with E-state index in [0.29, 0.717) is 19.5 Å². The van der Waals surface area contributed by atoms with Crippen molar-refractivity contribution in [3.05, 3.63) is 24.0 Å². The predicted molar refractivity (Wildman–Crippen MR) is 63.6 cm³/mol. The van der Waals surface area contributed by atoms with Crippen LogP contribution < -0.4 is 0 Å². The third-order valence-electron chi connectivity index (χ3n) is 3.15. The molecule has 5 heteroatoms. The second-order valence-electron chi connectivity index (χ2n) is 4.43. The molecule has 1 atom stereocenters. The second kappa shape index (κ2) is 4.61. The highest BCUT2D eigenvalue weighted by molar-refractivity contribution is 5.79. The molecule has 0 radical (unpaired) electrons. The zero-order valence-corrected chi connectivity index (χ0v) is 10.1. The molecule has 1 fully saturated rings. The van der Waals surface area contributed by atoms with E-state index in [9.17, 15) is 9.59 Å². The molecule has 1 aliphatic heterocycles. The summed E-state index contributed by atoms with van der Waals surface area (Å²) >= 11 is 0. The van der Waals surface area contributed by atoms with E-state index in [1.807, 2.05) is 18.3 Å². The summed E-state index contributed by atoms with van der Waals surface area (Å²) in [5, 5.41) is 0. The van der Waals surface area contributed by atoms with Gasteiger partial charge in [0.15, 0.2) is 0 Å². The number of aromatic nitrogens is 1. The maximum absolute atomic E-state index is 12.0. The number of likely N-dealkylation sites (N-methyl/N-ethyl adjacent to an activating group) is 1. The Hall–Kier alpha value is -1.78. The quantitative estimate of drug-likeness (QED) is 0.857. The lowest BCUT2D eigenvalue weighted by atomic mass is 10.2. The molecule has 1 aromatic heterocycles. The van der Waals surface area contributed by atoms with Crippen molar-refractivity contribution in [2.45, 2.75) is 19.4 Å². The molecular formula is C12H17N3O2. The summed E-state index contributed by atoms with van der Waals surface area (Å²) < 4.78 is 0. The van der Waals surface area contributed by atoms with E-state index in [4.69, 9.17) is 0 Å². The Labute approximate surface area is 100 Å². The maximum atomic E-state index is 12.0. The van der Waals surface area contributed by atoms with Gasteiger partial charge in [0, 0.05) is 38.4 Å². The third kappa shape index (κ3) is 2.33. The number of carbonyl (C=O) groups is 2. The van der Waals surface area contributed by atoms with Crippen molar-refractivity contribution in [3.63, 3.8) is 0 Å². The highest BCUT2D eigenvalue weighted by Crippen LogP contribution is 2.26. The summed E-state index contributed by atoms with van der Waals surface area (Å²) in [6.45, 7) is 2.70. The largest absolute Gasteiger partial charge is 0.363 e. The molecule has 0 saturated carbocycles. The molecule has 1 unspecified atom stereocenters. The summed E-state index contributed by atoms with van der Waals surface area (Å²) in [7, 11) is 1.79. The summed E-state index contributed by atoms with van der Waals surface area (Å²) in [6, 6.07) is 3.95. The number of carbonyl (C=O) groups excluding carboxylic acids is 2. The molecule has 2 heterocycles. The molecule has 92 valence electrons. The van der Waals surface area contributed by atoms with Gasteiger partial charge < -0.3 is 14.8 Å². The lowest BCUT2D eigenvalue weighted by molar-refractivity contribution is -0.117. The van der Waals surface area contributed by atoms with Gasteiger partial charge in [-0.15, -0.1) is 0 Å². The van der Waals surface area contributed by atoms with Crippen molar-refractivity contribution in [2.24, 2.45) is 0 Å². The molecule has 1 saturated heterocycles. The summed E-state index contributed by atoms with van der Waals surface area (Å²) in [6.07, 6.45) is 2.28. The lowest BCUT2D eigenvalue weighted by Crippen LogP contribution is -2.31. The van der Waals surface area contributed by atoms with Crippen LogP contribution in [0, 0.1) is 0 Å². The molecule has 5 nitrogen and oxygen atoms in total. The second-order valence-corrected chi connectivity index (χ2v) is 4.43. The molecule has 2 amide bonds. The van der Waals surface area contributed by atoms with Crippen LogP contribution in [0.2, 0.25) is 0 Å². The average molecular weight is 235 g/mol. The molecule has 17 heavy (non-hydrogen) atoms. The van der Waals surface area contributed by atoms with Crippen LogP contribution in [0.1, 0.15) is 25.1 Å². The van der Waals surface area contributed by atoms with Crippen LogP contribution in [0.5, 0.6) is 0 Å². The standard InChI is InChI=1S/C12H17N3O2/c1-9(16)5-7-15-8-11(14(2)12(15)17)10-4-3-6-13-10/h3-4,6,11,13H,5,7-8H2,1-2H3. The van der Waals surface area contributed by atoms with E-state index in [2.05, 4.69) is 4.98 Å². The van der Waals surface area contributed by atoms with E-state index in [1.165, 1.54) is 0 Å². The Bertz CT molecular complexity index is 413. The van der Waals surface area contributed by atoms with Gasteiger partial charge >= 0.3 is 6.03 Å². The number of nitrogens with zero attached hydrogens (tertiary/aromatic N) is 2. The number of Topliss-reactive ketones (excluding diaryl/α,β-unsaturated/α-hetero) is 1. The van der Waals surface area contributed by atoms with E-state index in [0.717, 1.165) is 5.69 Å². The summed E-state index contributed by atoms with van der Waals surface area (Å²) in [4.78, 5) is 29.5. The minimum absolute atomic E-state index is 0.00847. The first-order valence-electron chi connectivity index (χ1n) is 5.74. The predicted octanol–water partition coefficient (Wildman–Crippen LogP) is 1.40. The van der Waals surface area contributed by atoms with Gasteiger partial charge in [0.05, 0.1) is 6.04 Å². The van der Waals surface area contributed by atoms with Crippen LogP contribution in [0.3, 0.4) is 0 Å². The Balaban J connectivity index is 2.04. The van der Waals surface area contributed by atoms with Gasteiger partial charge in [-0.25, -0.2) is 4.79 Å². The fourth-order valence-corrected chi connectivity index (χ4v) is 2.10. The number of amides is 2. The normalized spacial score (nSPS) is 20.1. The molecule has 1 N–H and O–H groups in total. The minimum Gasteiger partial charge on any atom is -0.363 e. The number of rotatable bonds is 4. The highest BCUT2D eigenvalue weighted by atomic mass is 16.2. The summed E-state index contributed by atoms with van der Waals surface area (Å²) in [5.74, 6) is 0.115. The smallest absolute Gasteiger partial charge is 0.320 e. The van der Waals surface area contributed by atoms with Gasteiger partial charge in [0.1, 0.15) is 5.78 Å². The number of H-pyrrole nitrogens is 1. The number of nitrogens with one attached hydrogen (secondary N) is 1. The topological polar surface area (TPSA) is 56.4 Å². The van der Waals surface area contributed by atoms with Gasteiger partial charge in [-0.2, -0.15) is 0 Å². The van der Waals surface area contributed by atoms with Crippen LogP contribution in [0.4, 0.5) is 4.79 Å². The Morgan fingerprint density at radius 3 is 2.94 bits per heavy atom. The molecular weight excluding hydrogens is 218 g/mol. The Morgan fingerprint density at radius 1 is 1.59 bits per heavy atom. The number of hydrogen-bond acceptors (Lipinski definition) is 2. The number of aromatic amines is 1. The Morgan fingerprint density at radius 2 is 2.35 bits per heavy atom. The van der Waals surface area contributed by atoms with Crippen molar-refractivity contribution in [1.82, 2.24) is 14.8 Å². The minimum atomic E-state index is -0.00847. The van der Waals surface area contributed by atoms with Crippen LogP contribution in [-0.2, 0) is 4.79 Å². The third-order valence-corrected chi connectivity index (χ3v) is 3.15. The average Bonchev–Trinajstić information content (AvgIpc) is 2.88. The SMILES string of the molecule is CC(=O)CCN1CC(c2ccc[nH]2)N(C)C1=O. The lowest BCUT2D eigenvalue weighted by Gasteiger charge is -2.16. The van der Waals surface area contributed by atoms with Gasteiger partial charge in [0.2, 0.25) is 0 Å². The van der Waals surface area contributed by atoms with Crippen molar-refractivity contribution < 1.29 is 9.59 Å². The van der Waals surface area contributed by atoms with Gasteiger partial charge in [-0.05, 0) is 19.1 Å². The van der Waals surface area contributed by atoms with Crippen LogP contribution in [-0.4, -0.2) is 46.7 Å². The number of hydrogen-bond donors (Lipinski definition) is 1. The fourth-order valence-electron chi connectivity index (χ4n) is 2.10. The zero-order valence-electron chi connectivity index (χ0n) is 10.1. The van der Waals surface area contributed by atoms with E-state index in [-0.39, 0.29) is 17.9 Å². The monoisotopic (exact) mass is 235 g/mol. The molecule has 2 rings (SSSR count). The van der Waals surface area contributed by atoms with E-state index >= 15 is 0 Å². The molecule has 1 aromatic rings. The fraction of sp³-hybridized carbons (Fsp3) is 0.500. The molecule has 0 aromatic carbocycles. The van der Waals surface area contributed by atoms with Crippen LogP contribution in [0.15, 0.2) is 18.3 Å². The Kier molecular flexibility index (Phi) is 3.17. The zero-order chi connectivity index (χ0) is 12.4. The van der Waals surface area contributed by atoms with Crippen LogP contribution in [0.25, 0.3) is 0 Å². The number of ketones is 1. The van der Waals surface area contributed by atoms with Crippen molar-refractivity contribution in [2.75, 3.05) is 20.1 Å². The first-order chi connectivity index (χ1) is 8.09. The first-order valence-corrected chi connectivity index (χ1v) is 5.74. The van der Waals surface area contributed by atoms with Gasteiger partial charge in [0.25, 0.3) is 0 Å². The molecule has 0 aliphatic carbocycles. The molecule has 0 spiro atoms. The van der Waals surface area contributed by atoms with Crippen molar-refractivity contribution >= 4 is 11.8 Å². The maximum Gasteiger partial charge on any atom is 0.320 e. The summed E-state index contributed by atoms with van der Waals surface area (Å²) in [5.41, 5.74) is 1.03. The van der Waals surface area contributed by atoms with Crippen molar-refractivity contribution in [1.29, 1.82) is 0 Å². The molecule has 0 bridgehead atoms. The van der Waals surface area contributed by atoms with Crippen LogP contribution >= 0.6 is 0 Å². The highest BCUT2D eigenvalue weighted by Gasteiger charge is 2.35. The number of urea groups is 1. The van der Waals surface area contributed by atoms with E-state index in [1.54, 1.807) is 23.8 Å². The molecule has 1 aliphatic rings. The van der Waals surface area contributed by atoms with Gasteiger partial charge in [-0.1, -0.05) is 0 Å². The van der Waals surface area contributed by atoms with Gasteiger partial charge in [-0.3, -0.25) is 4.79 Å². The van der Waals surface area contributed by atoms with E-state index < -0.39 is 0 Å². The van der Waals surface area contributed by atoms with Crippen molar-refractivity contribution in [3.8, 4) is 0 Å². The first kappa shape index (κ1) is 11.7.